The lowest BCUT2D eigenvalue weighted by molar-refractivity contribution is 0.196. The molecule has 1 aromatic heterocycles. The van der Waals surface area contributed by atoms with Gasteiger partial charge >= 0.3 is 0 Å². The molecule has 2 atom stereocenters. The first-order valence-electron chi connectivity index (χ1n) is 7.44. The average Bonchev–Trinajstić information content (AvgIpc) is 2.44. The van der Waals surface area contributed by atoms with Gasteiger partial charge in [-0.1, -0.05) is 39.0 Å². The van der Waals surface area contributed by atoms with E-state index in [1.165, 1.54) is 5.56 Å². The number of fused-ring (bicyclic) bond motifs is 1. The molecule has 1 heterocycles. The molecule has 0 amide bonds. The molecule has 1 aromatic carbocycles. The van der Waals surface area contributed by atoms with Crippen molar-refractivity contribution in [1.82, 2.24) is 10.3 Å². The fourth-order valence-electron chi connectivity index (χ4n) is 1.96. The largest absolute Gasteiger partial charge is 0.392 e. The Labute approximate surface area is 131 Å². The van der Waals surface area contributed by atoms with Crippen molar-refractivity contribution in [1.29, 1.82) is 0 Å². The zero-order valence-electron chi connectivity index (χ0n) is 13.1. The lowest BCUT2D eigenvalue weighted by Crippen LogP contribution is -2.23. The maximum atomic E-state index is 9.74. The smallest absolute Gasteiger partial charge is 0.102 e. The Bertz CT molecular complexity index is 598. The maximum Gasteiger partial charge on any atom is 0.102 e. The van der Waals surface area contributed by atoms with Crippen LogP contribution < -0.4 is 5.32 Å². The number of aromatic nitrogens is 1. The number of nitrogens with one attached hydrogen (secondary N) is 1. The molecule has 114 valence electrons. The normalized spacial score (nSPS) is 14.6. The number of aliphatic hydroxyl groups excluding tert-OH is 1. The van der Waals surface area contributed by atoms with E-state index < -0.39 is 0 Å². The van der Waals surface area contributed by atoms with Crippen molar-refractivity contribution in [2.24, 2.45) is 0 Å². The highest BCUT2D eigenvalue weighted by atomic mass is 32.2. The lowest BCUT2D eigenvalue weighted by atomic mass is 10.1. The van der Waals surface area contributed by atoms with Gasteiger partial charge in [0.25, 0.3) is 0 Å². The molecule has 0 saturated heterocycles. The van der Waals surface area contributed by atoms with Crippen LogP contribution in [0.5, 0.6) is 0 Å². The van der Waals surface area contributed by atoms with Gasteiger partial charge in [0.15, 0.2) is 0 Å². The van der Waals surface area contributed by atoms with E-state index in [2.05, 4.69) is 31.3 Å². The molecule has 0 aliphatic heterocycles. The predicted molar refractivity (Wildman–Crippen MR) is 90.7 cm³/mol. The molecule has 0 bridgehead atoms. The molecule has 3 nitrogen and oxygen atoms in total. The van der Waals surface area contributed by atoms with E-state index >= 15 is 0 Å². The number of nitrogens with zero attached hydrogens (tertiary/aromatic N) is 1. The highest BCUT2D eigenvalue weighted by Crippen LogP contribution is 2.29. The van der Waals surface area contributed by atoms with Crippen LogP contribution in [0.3, 0.4) is 0 Å². The molecule has 2 aromatic rings. The summed E-state index contributed by atoms with van der Waals surface area (Å²) < 4.78 is 0. The van der Waals surface area contributed by atoms with Gasteiger partial charge < -0.3 is 10.4 Å². The summed E-state index contributed by atoms with van der Waals surface area (Å²) in [5.41, 5.74) is 2.20. The first kappa shape index (κ1) is 16.3. The fourth-order valence-corrected chi connectivity index (χ4v) is 2.94. The summed E-state index contributed by atoms with van der Waals surface area (Å²) in [4.78, 5) is 4.79. The van der Waals surface area contributed by atoms with Crippen molar-refractivity contribution < 1.29 is 5.11 Å². The van der Waals surface area contributed by atoms with Gasteiger partial charge in [-0.3, -0.25) is 0 Å². The van der Waals surface area contributed by atoms with E-state index in [1.807, 2.05) is 32.0 Å². The van der Waals surface area contributed by atoms with E-state index in [0.717, 1.165) is 22.5 Å². The Morgan fingerprint density at radius 1 is 1.19 bits per heavy atom. The Kier molecular flexibility index (Phi) is 5.62. The van der Waals surface area contributed by atoms with Crippen LogP contribution in [0.25, 0.3) is 10.9 Å². The molecule has 2 rings (SSSR count). The molecule has 0 saturated carbocycles. The first-order chi connectivity index (χ1) is 9.97. The number of rotatable bonds is 6. The van der Waals surface area contributed by atoms with Crippen LogP contribution in [0, 0.1) is 0 Å². The minimum atomic E-state index is -0.353. The number of hydrogen-bond acceptors (Lipinski definition) is 4. The van der Waals surface area contributed by atoms with Crippen molar-refractivity contribution in [3.05, 3.63) is 35.9 Å². The summed E-state index contributed by atoms with van der Waals surface area (Å²) in [6.45, 7) is 8.93. The average molecular weight is 304 g/mol. The highest BCUT2D eigenvalue weighted by Gasteiger charge is 2.15. The van der Waals surface area contributed by atoms with Crippen LogP contribution in [-0.2, 0) is 6.54 Å². The van der Waals surface area contributed by atoms with E-state index in [0.29, 0.717) is 6.04 Å². The number of para-hydroxylation sites is 1. The quantitative estimate of drug-likeness (QED) is 0.801. The minimum absolute atomic E-state index is 0.122. The summed E-state index contributed by atoms with van der Waals surface area (Å²) in [6, 6.07) is 10.8. The van der Waals surface area contributed by atoms with E-state index in [-0.39, 0.29) is 11.4 Å². The fraction of sp³-hybridized carbons (Fsp3) is 0.471. The Hall–Kier alpha value is -1.10. The molecule has 0 aliphatic carbocycles. The summed E-state index contributed by atoms with van der Waals surface area (Å²) >= 11 is 1.64. The maximum absolute atomic E-state index is 9.74. The number of thioether (sulfide) groups is 1. The molecule has 0 radical (unpaired) electrons. The highest BCUT2D eigenvalue weighted by molar-refractivity contribution is 7.99. The molecule has 4 heteroatoms. The van der Waals surface area contributed by atoms with Gasteiger partial charge in [0, 0.05) is 23.2 Å². The van der Waals surface area contributed by atoms with Crippen LogP contribution in [0.2, 0.25) is 0 Å². The standard InChI is InChI=1S/C17H24N2OS/c1-11(2)18-10-15-9-14-7-5-6-8-16(14)19-17(15)21-13(4)12(3)20/h5-9,11-13,18,20H,10H2,1-4H3. The molecule has 0 spiro atoms. The third-order valence-electron chi connectivity index (χ3n) is 3.44. The third-order valence-corrected chi connectivity index (χ3v) is 4.78. The van der Waals surface area contributed by atoms with Gasteiger partial charge in [-0.25, -0.2) is 4.98 Å². The number of pyridine rings is 1. The second-order valence-electron chi connectivity index (χ2n) is 5.74. The van der Waals surface area contributed by atoms with E-state index in [1.54, 1.807) is 11.8 Å². The second kappa shape index (κ2) is 7.25. The van der Waals surface area contributed by atoms with E-state index in [4.69, 9.17) is 4.98 Å². The summed E-state index contributed by atoms with van der Waals surface area (Å²) in [6.07, 6.45) is -0.353. The number of hydrogen-bond donors (Lipinski definition) is 2. The molecule has 0 fully saturated rings. The first-order valence-corrected chi connectivity index (χ1v) is 8.32. The van der Waals surface area contributed by atoms with Crippen LogP contribution in [-0.4, -0.2) is 27.5 Å². The molecule has 21 heavy (non-hydrogen) atoms. The Morgan fingerprint density at radius 3 is 2.57 bits per heavy atom. The minimum Gasteiger partial charge on any atom is -0.392 e. The monoisotopic (exact) mass is 304 g/mol. The summed E-state index contributed by atoms with van der Waals surface area (Å²) in [5.74, 6) is 0. The van der Waals surface area contributed by atoms with Crippen LogP contribution >= 0.6 is 11.8 Å². The Balaban J connectivity index is 2.35. The zero-order chi connectivity index (χ0) is 15.4. The molecule has 2 N–H and O–H groups in total. The Morgan fingerprint density at radius 2 is 1.90 bits per heavy atom. The van der Waals surface area contributed by atoms with Crippen LogP contribution in [0.15, 0.2) is 35.4 Å². The topological polar surface area (TPSA) is 45.2 Å². The van der Waals surface area contributed by atoms with Gasteiger partial charge in [0.1, 0.15) is 5.03 Å². The third kappa shape index (κ3) is 4.43. The molecular formula is C17H24N2OS. The molecule has 0 aliphatic rings. The lowest BCUT2D eigenvalue weighted by Gasteiger charge is -2.17. The van der Waals surface area contributed by atoms with Gasteiger partial charge in [0.05, 0.1) is 11.6 Å². The van der Waals surface area contributed by atoms with Gasteiger partial charge in [0.2, 0.25) is 0 Å². The predicted octanol–water partition coefficient (Wildman–Crippen LogP) is 3.59. The summed E-state index contributed by atoms with van der Waals surface area (Å²) in [5, 5.41) is 15.5. The SMILES string of the molecule is CC(C)NCc1cc2ccccc2nc1SC(C)C(C)O. The van der Waals surface area contributed by atoms with Crippen LogP contribution in [0.4, 0.5) is 0 Å². The summed E-state index contributed by atoms with van der Waals surface area (Å²) in [7, 11) is 0. The van der Waals surface area contributed by atoms with Gasteiger partial charge in [-0.2, -0.15) is 0 Å². The van der Waals surface area contributed by atoms with Crippen molar-refractivity contribution in [2.75, 3.05) is 0 Å². The second-order valence-corrected chi connectivity index (χ2v) is 7.11. The number of aliphatic hydroxyl groups is 1. The van der Waals surface area contributed by atoms with E-state index in [9.17, 15) is 5.11 Å². The van der Waals surface area contributed by atoms with Gasteiger partial charge in [-0.15, -0.1) is 11.8 Å². The van der Waals surface area contributed by atoms with Crippen molar-refractivity contribution in [3.8, 4) is 0 Å². The molecule has 2 unspecified atom stereocenters. The van der Waals surface area contributed by atoms with Crippen LogP contribution in [0.1, 0.15) is 33.3 Å². The van der Waals surface area contributed by atoms with Crippen molar-refractivity contribution in [3.63, 3.8) is 0 Å². The van der Waals surface area contributed by atoms with Gasteiger partial charge in [-0.05, 0) is 24.6 Å². The number of benzene rings is 1. The van der Waals surface area contributed by atoms with Crippen molar-refractivity contribution in [2.45, 2.75) is 56.7 Å². The zero-order valence-corrected chi connectivity index (χ0v) is 13.9. The van der Waals surface area contributed by atoms with Crippen molar-refractivity contribution >= 4 is 22.7 Å². The molecular weight excluding hydrogens is 280 g/mol.